The summed E-state index contributed by atoms with van der Waals surface area (Å²) in [5.41, 5.74) is 1.84. The van der Waals surface area contributed by atoms with Gasteiger partial charge in [0.1, 0.15) is 0 Å². The van der Waals surface area contributed by atoms with Crippen molar-refractivity contribution in [1.82, 2.24) is 0 Å². The van der Waals surface area contributed by atoms with Crippen molar-refractivity contribution in [2.75, 3.05) is 0 Å². The highest BCUT2D eigenvalue weighted by molar-refractivity contribution is 7.91. The van der Waals surface area contributed by atoms with Crippen molar-refractivity contribution in [2.24, 2.45) is 0 Å². The second kappa shape index (κ2) is 5.11. The molecule has 3 rings (SSSR count). The van der Waals surface area contributed by atoms with Crippen LogP contribution in [0.3, 0.4) is 0 Å². The summed E-state index contributed by atoms with van der Waals surface area (Å²) in [6, 6.07) is 9.45. The Bertz CT molecular complexity index is 887. The molecule has 1 N–H and O–H groups in total. The number of carboxylic acids is 1. The highest BCUT2D eigenvalue weighted by Gasteiger charge is 2.30. The second-order valence-corrected chi connectivity index (χ2v) is 7.68. The van der Waals surface area contributed by atoms with Gasteiger partial charge in [-0.3, -0.25) is 4.79 Å². The number of rotatable bonds is 2. The molecule has 0 saturated heterocycles. The van der Waals surface area contributed by atoms with E-state index < -0.39 is 21.7 Å². The van der Waals surface area contributed by atoms with E-state index in [4.69, 9.17) is 16.7 Å². The van der Waals surface area contributed by atoms with Crippen molar-refractivity contribution in [1.29, 1.82) is 0 Å². The average molecular weight is 337 g/mol. The van der Waals surface area contributed by atoms with Crippen molar-refractivity contribution < 1.29 is 18.3 Å². The quantitative estimate of drug-likeness (QED) is 0.779. The molecule has 1 aliphatic rings. The highest BCUT2D eigenvalue weighted by Crippen LogP contribution is 2.36. The van der Waals surface area contributed by atoms with Crippen LogP contribution in [0, 0.1) is 0 Å². The number of fused-ring (bicyclic) bond motifs is 2. The normalized spacial score (nSPS) is 16.5. The fourth-order valence-corrected chi connectivity index (χ4v) is 4.56. The average Bonchev–Trinajstić information content (AvgIpc) is 2.45. The molecule has 0 amide bonds. The molecule has 4 nitrogen and oxygen atoms in total. The van der Waals surface area contributed by atoms with E-state index in [-0.39, 0.29) is 9.79 Å². The maximum absolute atomic E-state index is 12.7. The third-order valence-electron chi connectivity index (χ3n) is 3.94. The molecule has 0 radical (unpaired) electrons. The number of carbonyl (C=O) groups is 1. The van der Waals surface area contributed by atoms with Gasteiger partial charge in [0, 0.05) is 11.4 Å². The van der Waals surface area contributed by atoms with E-state index in [9.17, 15) is 13.2 Å². The van der Waals surface area contributed by atoms with E-state index in [2.05, 4.69) is 0 Å². The van der Waals surface area contributed by atoms with Gasteiger partial charge < -0.3 is 5.11 Å². The molecule has 0 spiro atoms. The van der Waals surface area contributed by atoms with E-state index in [0.717, 1.165) is 0 Å². The number of aliphatic carboxylic acids is 1. The first kappa shape index (κ1) is 15.1. The third kappa shape index (κ3) is 2.30. The van der Waals surface area contributed by atoms with Gasteiger partial charge in [-0.2, -0.15) is 0 Å². The van der Waals surface area contributed by atoms with Crippen LogP contribution in [0.15, 0.2) is 46.2 Å². The Balaban J connectivity index is 2.18. The topological polar surface area (TPSA) is 71.4 Å². The van der Waals surface area contributed by atoms with Crippen LogP contribution in [0.2, 0.25) is 5.02 Å². The fourth-order valence-electron chi connectivity index (χ4n) is 2.68. The highest BCUT2D eigenvalue weighted by atomic mass is 35.5. The molecular weight excluding hydrogens is 324 g/mol. The molecule has 114 valence electrons. The molecule has 0 fully saturated rings. The van der Waals surface area contributed by atoms with Crippen LogP contribution in [0.1, 0.15) is 29.5 Å². The minimum Gasteiger partial charge on any atom is -0.481 e. The summed E-state index contributed by atoms with van der Waals surface area (Å²) in [5, 5.41) is 9.58. The molecule has 0 aromatic heterocycles. The molecule has 6 heteroatoms. The van der Waals surface area contributed by atoms with E-state index in [1.165, 1.54) is 12.1 Å². The van der Waals surface area contributed by atoms with Gasteiger partial charge in [-0.25, -0.2) is 8.42 Å². The summed E-state index contributed by atoms with van der Waals surface area (Å²) in [7, 11) is -3.59. The Hall–Kier alpha value is -1.85. The molecule has 1 heterocycles. The van der Waals surface area contributed by atoms with E-state index in [0.29, 0.717) is 28.1 Å². The zero-order chi connectivity index (χ0) is 16.1. The van der Waals surface area contributed by atoms with Crippen LogP contribution in [0.4, 0.5) is 0 Å². The van der Waals surface area contributed by atoms with Crippen LogP contribution in [0.25, 0.3) is 0 Å². The lowest BCUT2D eigenvalue weighted by Crippen LogP contribution is -2.16. The smallest absolute Gasteiger partial charge is 0.310 e. The molecule has 22 heavy (non-hydrogen) atoms. The SMILES string of the molecule is CC(C(=O)O)c1ccc2c(c1)Cc1cc(Cl)ccc1S2(=O)=O. The van der Waals surface area contributed by atoms with Crippen molar-refractivity contribution in [3.63, 3.8) is 0 Å². The van der Waals surface area contributed by atoms with Crippen molar-refractivity contribution >= 4 is 27.4 Å². The van der Waals surface area contributed by atoms with Gasteiger partial charge in [0.25, 0.3) is 0 Å². The molecule has 0 aliphatic carbocycles. The Kier molecular flexibility index (Phi) is 3.50. The van der Waals surface area contributed by atoms with Crippen LogP contribution in [0.5, 0.6) is 0 Å². The molecule has 2 aromatic rings. The number of benzene rings is 2. The van der Waals surface area contributed by atoms with Crippen molar-refractivity contribution in [2.45, 2.75) is 29.1 Å². The molecule has 1 atom stereocenters. The zero-order valence-corrected chi connectivity index (χ0v) is 13.3. The maximum Gasteiger partial charge on any atom is 0.310 e. The lowest BCUT2D eigenvalue weighted by molar-refractivity contribution is -0.138. The van der Waals surface area contributed by atoms with Gasteiger partial charge in [-0.1, -0.05) is 23.7 Å². The predicted octanol–water partition coefficient (Wildman–Crippen LogP) is 3.27. The van der Waals surface area contributed by atoms with Crippen LogP contribution >= 0.6 is 11.6 Å². The van der Waals surface area contributed by atoms with Gasteiger partial charge in [0.15, 0.2) is 0 Å². The largest absolute Gasteiger partial charge is 0.481 e. The number of sulfone groups is 1. The minimum absolute atomic E-state index is 0.240. The molecule has 2 aromatic carbocycles. The van der Waals surface area contributed by atoms with Gasteiger partial charge in [0.2, 0.25) is 9.84 Å². The van der Waals surface area contributed by atoms with Crippen LogP contribution in [-0.2, 0) is 21.1 Å². The summed E-state index contributed by atoms with van der Waals surface area (Å²) in [4.78, 5) is 11.6. The second-order valence-electron chi connectivity index (χ2n) is 5.36. The lowest BCUT2D eigenvalue weighted by atomic mass is 9.96. The summed E-state index contributed by atoms with van der Waals surface area (Å²) in [6.45, 7) is 1.58. The van der Waals surface area contributed by atoms with E-state index >= 15 is 0 Å². The van der Waals surface area contributed by atoms with Crippen LogP contribution < -0.4 is 0 Å². The van der Waals surface area contributed by atoms with Crippen LogP contribution in [-0.4, -0.2) is 19.5 Å². The lowest BCUT2D eigenvalue weighted by Gasteiger charge is -2.21. The monoisotopic (exact) mass is 336 g/mol. The first-order chi connectivity index (χ1) is 10.3. The molecule has 1 aliphatic heterocycles. The van der Waals surface area contributed by atoms with Gasteiger partial charge in [-0.05, 0) is 47.9 Å². The zero-order valence-electron chi connectivity index (χ0n) is 11.7. The van der Waals surface area contributed by atoms with E-state index in [1.54, 1.807) is 31.2 Å². The molecule has 0 saturated carbocycles. The Morgan fingerprint density at radius 1 is 1.14 bits per heavy atom. The standard InChI is InChI=1S/C16H13ClO4S/c1-9(16(18)19)10-2-4-14-11(6-10)7-12-8-13(17)3-5-15(12)22(14,20)21/h2-6,8-9H,7H2,1H3,(H,18,19). The number of halogens is 1. The summed E-state index contributed by atoms with van der Waals surface area (Å²) in [6.07, 6.45) is 0.421. The maximum atomic E-state index is 12.7. The third-order valence-corrected chi connectivity index (χ3v) is 6.13. The number of hydrogen-bond acceptors (Lipinski definition) is 3. The minimum atomic E-state index is -3.59. The predicted molar refractivity (Wildman–Crippen MR) is 82.2 cm³/mol. The number of hydrogen-bond donors (Lipinski definition) is 1. The van der Waals surface area contributed by atoms with Gasteiger partial charge in [-0.15, -0.1) is 0 Å². The fraction of sp³-hybridized carbons (Fsp3) is 0.188. The molecule has 1 unspecified atom stereocenters. The molecule has 0 bridgehead atoms. The Labute approximate surface area is 133 Å². The first-order valence-electron chi connectivity index (χ1n) is 6.70. The summed E-state index contributed by atoms with van der Waals surface area (Å²) in [5.74, 6) is -1.63. The number of carboxylic acid groups (broad SMARTS) is 1. The summed E-state index contributed by atoms with van der Waals surface area (Å²) >= 11 is 5.95. The van der Waals surface area contributed by atoms with Gasteiger partial charge in [0.05, 0.1) is 15.7 Å². The van der Waals surface area contributed by atoms with Crippen molar-refractivity contribution in [3.8, 4) is 0 Å². The Morgan fingerprint density at radius 2 is 1.73 bits per heavy atom. The molecular formula is C16H13ClO4S. The van der Waals surface area contributed by atoms with Gasteiger partial charge >= 0.3 is 5.97 Å². The van der Waals surface area contributed by atoms with E-state index in [1.807, 2.05) is 0 Å². The Morgan fingerprint density at radius 3 is 2.36 bits per heavy atom. The summed E-state index contributed by atoms with van der Waals surface area (Å²) < 4.78 is 25.3. The first-order valence-corrected chi connectivity index (χ1v) is 8.56. The van der Waals surface area contributed by atoms with Crippen molar-refractivity contribution in [3.05, 3.63) is 58.1 Å².